The fourth-order valence-corrected chi connectivity index (χ4v) is 6.08. The molecule has 3 aromatic carbocycles. The molecule has 0 unspecified atom stereocenters. The Morgan fingerprint density at radius 3 is 2.50 bits per heavy atom. The van der Waals surface area contributed by atoms with Gasteiger partial charge in [0.25, 0.3) is 14.9 Å². The number of likely N-dealkylation sites (N-methyl/N-ethyl adjacent to an activating group) is 1. The van der Waals surface area contributed by atoms with Gasteiger partial charge in [-0.2, -0.15) is 0 Å². The molecule has 232 valence electrons. The molecule has 0 aliphatic carbocycles. The van der Waals surface area contributed by atoms with Gasteiger partial charge >= 0.3 is 5.69 Å². The molecular weight excluding hydrogens is 593 g/mol. The second-order valence-electron chi connectivity index (χ2n) is 10.3. The summed E-state index contributed by atoms with van der Waals surface area (Å²) in [7, 11) is -0.674. The Hall–Kier alpha value is -4.53. The van der Waals surface area contributed by atoms with Gasteiger partial charge in [0.1, 0.15) is 5.75 Å². The molecule has 0 spiro atoms. The van der Waals surface area contributed by atoms with Gasteiger partial charge in [-0.3, -0.25) is 9.71 Å². The van der Waals surface area contributed by atoms with E-state index in [0.717, 1.165) is 57.3 Å². The highest BCUT2D eigenvalue weighted by atomic mass is 32.2. The SMILES string of the molecule is COc1cc2c(Oc3ccc(NS(=O)(=O)c4ccccc4[N+](=O)O)cc3F)ccnc2cc1OCCCN1CCN(C)CC1. The van der Waals surface area contributed by atoms with Gasteiger partial charge in [-0.05, 0) is 43.8 Å². The highest BCUT2D eigenvalue weighted by Gasteiger charge is 2.28. The number of fused-ring (bicyclic) bond motifs is 1. The third kappa shape index (κ3) is 7.15. The van der Waals surface area contributed by atoms with E-state index in [0.29, 0.717) is 34.8 Å². The maximum atomic E-state index is 15.1. The Morgan fingerprint density at radius 1 is 1.00 bits per heavy atom. The Balaban J connectivity index is 1.29. The van der Waals surface area contributed by atoms with Crippen molar-refractivity contribution in [3.63, 3.8) is 0 Å². The number of halogens is 1. The van der Waals surface area contributed by atoms with Crippen LogP contribution in [0, 0.1) is 10.7 Å². The van der Waals surface area contributed by atoms with Gasteiger partial charge < -0.3 is 24.0 Å². The van der Waals surface area contributed by atoms with Crippen LogP contribution in [-0.2, 0) is 10.0 Å². The van der Waals surface area contributed by atoms with E-state index >= 15 is 4.39 Å². The first-order valence-corrected chi connectivity index (χ1v) is 15.4. The van der Waals surface area contributed by atoms with Crippen molar-refractivity contribution >= 4 is 32.3 Å². The minimum atomic E-state index is -4.33. The lowest BCUT2D eigenvalue weighted by Gasteiger charge is -2.32. The average Bonchev–Trinajstić information content (AvgIpc) is 3.01. The van der Waals surface area contributed by atoms with Crippen molar-refractivity contribution in [2.24, 2.45) is 0 Å². The van der Waals surface area contributed by atoms with Gasteiger partial charge in [0.2, 0.25) is 0 Å². The summed E-state index contributed by atoms with van der Waals surface area (Å²) in [5, 5.41) is 9.82. The second-order valence-corrected chi connectivity index (χ2v) is 11.9. The molecular formula is C30H33FN5O7S+. The van der Waals surface area contributed by atoms with Gasteiger partial charge in [-0.1, -0.05) is 12.1 Å². The van der Waals surface area contributed by atoms with Crippen LogP contribution in [0.1, 0.15) is 6.42 Å². The summed E-state index contributed by atoms with van der Waals surface area (Å²) < 4.78 is 60.5. The standard InChI is InChI=1S/C30H33FN5O7S/c1-34-13-15-35(16-14-34)12-5-17-42-29-20-24-22(19-28(29)41-2)26(10-11-32-24)43-27-9-8-21(18-23(27)31)33-44(39,40)30-7-4-3-6-25(30)36(37)38/h3-4,6-11,18-20,33H,5,12-17H2,1-2H3,(H,37,38)/q+1. The van der Waals surface area contributed by atoms with E-state index in [1.807, 2.05) is 0 Å². The van der Waals surface area contributed by atoms with Gasteiger partial charge in [-0.15, -0.1) is 0 Å². The summed E-state index contributed by atoms with van der Waals surface area (Å²) >= 11 is 0. The number of sulfonamides is 1. The van der Waals surface area contributed by atoms with Gasteiger partial charge in [0.15, 0.2) is 28.0 Å². The molecule has 0 saturated carbocycles. The monoisotopic (exact) mass is 626 g/mol. The number of hydrogen-bond acceptors (Lipinski definition) is 9. The van der Waals surface area contributed by atoms with Crippen molar-refractivity contribution < 1.29 is 37.1 Å². The quantitative estimate of drug-likeness (QED) is 0.167. The predicted octanol–water partition coefficient (Wildman–Crippen LogP) is 4.79. The van der Waals surface area contributed by atoms with E-state index in [4.69, 9.17) is 14.2 Å². The molecule has 1 aromatic heterocycles. The first-order chi connectivity index (χ1) is 21.1. The van der Waals surface area contributed by atoms with Crippen molar-refractivity contribution in [3.8, 4) is 23.0 Å². The predicted molar refractivity (Wildman–Crippen MR) is 161 cm³/mol. The summed E-state index contributed by atoms with van der Waals surface area (Å²) in [4.78, 5) is 19.5. The third-order valence-corrected chi connectivity index (χ3v) is 8.65. The molecule has 4 aromatic rings. The van der Waals surface area contributed by atoms with Gasteiger partial charge in [0.05, 0.1) is 29.8 Å². The summed E-state index contributed by atoms with van der Waals surface area (Å²) in [6.45, 7) is 5.66. The zero-order valence-electron chi connectivity index (χ0n) is 24.3. The van der Waals surface area contributed by atoms with Crippen LogP contribution in [0.25, 0.3) is 10.9 Å². The van der Waals surface area contributed by atoms with Crippen molar-refractivity contribution in [1.29, 1.82) is 0 Å². The number of ether oxygens (including phenoxy) is 3. The highest BCUT2D eigenvalue weighted by molar-refractivity contribution is 7.92. The van der Waals surface area contributed by atoms with E-state index in [1.165, 1.54) is 37.6 Å². The average molecular weight is 627 g/mol. The Kier molecular flexibility index (Phi) is 9.42. The van der Waals surface area contributed by atoms with Crippen molar-refractivity contribution in [1.82, 2.24) is 14.8 Å². The molecule has 1 aliphatic heterocycles. The highest BCUT2D eigenvalue weighted by Crippen LogP contribution is 2.38. The smallest absolute Gasteiger partial charge is 0.336 e. The number of anilines is 1. The molecule has 12 nitrogen and oxygen atoms in total. The van der Waals surface area contributed by atoms with Gasteiger partial charge in [-0.25, -0.2) is 18.0 Å². The fraction of sp³-hybridized carbons (Fsp3) is 0.300. The molecule has 0 bridgehead atoms. The second kappa shape index (κ2) is 13.4. The Labute approximate surface area is 254 Å². The van der Waals surface area contributed by atoms with Crippen LogP contribution < -0.4 is 18.9 Å². The van der Waals surface area contributed by atoms with E-state index in [9.17, 15) is 18.5 Å². The van der Waals surface area contributed by atoms with Crippen LogP contribution in [-0.4, -0.2) is 86.8 Å². The molecule has 44 heavy (non-hydrogen) atoms. The van der Waals surface area contributed by atoms with Crippen molar-refractivity contribution in [2.75, 3.05) is 58.2 Å². The molecule has 0 radical (unpaired) electrons. The number of pyridine rings is 1. The molecule has 14 heteroatoms. The number of piperazine rings is 1. The first kappa shape index (κ1) is 30.9. The number of methoxy groups -OCH3 is 1. The number of nitrogens with one attached hydrogen (secondary N) is 1. The van der Waals surface area contributed by atoms with E-state index in [1.54, 1.807) is 18.2 Å². The van der Waals surface area contributed by atoms with Crippen LogP contribution in [0.15, 0.2) is 71.8 Å². The minimum Gasteiger partial charge on any atom is -0.493 e. The summed E-state index contributed by atoms with van der Waals surface area (Å²) in [6, 6.07) is 13.6. The molecule has 1 fully saturated rings. The van der Waals surface area contributed by atoms with Crippen LogP contribution >= 0.6 is 0 Å². The van der Waals surface area contributed by atoms with Gasteiger partial charge in [0, 0.05) is 62.5 Å². The summed E-state index contributed by atoms with van der Waals surface area (Å²) in [6.07, 6.45) is 2.39. The molecule has 0 atom stereocenters. The number of aromatic nitrogens is 1. The zero-order chi connectivity index (χ0) is 31.3. The maximum absolute atomic E-state index is 15.1. The van der Waals surface area contributed by atoms with E-state index in [-0.39, 0.29) is 11.4 Å². The van der Waals surface area contributed by atoms with Crippen LogP contribution in [0.4, 0.5) is 15.8 Å². The molecule has 2 heterocycles. The molecule has 1 aliphatic rings. The van der Waals surface area contributed by atoms with Crippen LogP contribution in [0.3, 0.4) is 0 Å². The first-order valence-electron chi connectivity index (χ1n) is 13.9. The lowest BCUT2D eigenvalue weighted by atomic mass is 10.1. The molecule has 2 N–H and O–H groups in total. The Bertz CT molecular complexity index is 1760. The number of nitrogens with zero attached hydrogens (tertiary/aromatic N) is 4. The normalized spacial score (nSPS) is 14.3. The number of para-hydroxylation sites is 1. The molecule has 1 saturated heterocycles. The number of benzene rings is 3. The molecule has 0 amide bonds. The van der Waals surface area contributed by atoms with E-state index in [2.05, 4.69) is 26.6 Å². The lowest BCUT2D eigenvalue weighted by molar-refractivity contribution is -0.731. The largest absolute Gasteiger partial charge is 0.493 e. The van der Waals surface area contributed by atoms with Crippen LogP contribution in [0.2, 0.25) is 0 Å². The fourth-order valence-electron chi connectivity index (χ4n) is 4.85. The lowest BCUT2D eigenvalue weighted by Crippen LogP contribution is -2.44. The number of rotatable bonds is 12. The Morgan fingerprint density at radius 2 is 1.77 bits per heavy atom. The number of hydrogen-bond donors (Lipinski definition) is 2. The summed E-state index contributed by atoms with van der Waals surface area (Å²) in [5.41, 5.74) is -0.0486. The van der Waals surface area contributed by atoms with Crippen molar-refractivity contribution in [3.05, 3.63) is 77.6 Å². The van der Waals surface area contributed by atoms with E-state index < -0.39 is 31.3 Å². The zero-order valence-corrected chi connectivity index (χ0v) is 25.1. The van der Waals surface area contributed by atoms with Crippen molar-refractivity contribution in [2.45, 2.75) is 11.3 Å². The maximum Gasteiger partial charge on any atom is 0.336 e. The summed E-state index contributed by atoms with van der Waals surface area (Å²) in [5.74, 6) is 0.303. The minimum absolute atomic E-state index is 0.115. The topological polar surface area (TPSA) is 134 Å². The van der Waals surface area contributed by atoms with Crippen LogP contribution in [0.5, 0.6) is 23.0 Å². The third-order valence-electron chi connectivity index (χ3n) is 7.22. The molecule has 5 rings (SSSR count).